The summed E-state index contributed by atoms with van der Waals surface area (Å²) in [6, 6.07) is 10.6. The largest absolute Gasteiger partial charge is 0.496 e. The topological polar surface area (TPSA) is 113 Å². The first kappa shape index (κ1) is 20.6. The van der Waals surface area contributed by atoms with Crippen molar-refractivity contribution in [2.45, 2.75) is 24.7 Å². The van der Waals surface area contributed by atoms with Gasteiger partial charge < -0.3 is 9.47 Å². The van der Waals surface area contributed by atoms with Crippen molar-refractivity contribution in [3.63, 3.8) is 0 Å². The second-order valence-corrected chi connectivity index (χ2v) is 7.74. The number of ether oxygens (including phenoxy) is 2. The molecular formula is C19H21NO6S. The molecule has 0 aliphatic heterocycles. The van der Waals surface area contributed by atoms with E-state index >= 15 is 0 Å². The Bertz CT molecular complexity index is 949. The fourth-order valence-electron chi connectivity index (χ4n) is 2.37. The van der Waals surface area contributed by atoms with E-state index < -0.39 is 22.6 Å². The van der Waals surface area contributed by atoms with E-state index in [-0.39, 0.29) is 22.0 Å². The highest BCUT2D eigenvalue weighted by Crippen LogP contribution is 2.23. The fourth-order valence-corrected chi connectivity index (χ4v) is 2.91. The molecular weight excluding hydrogens is 370 g/mol. The number of esters is 1. The van der Waals surface area contributed by atoms with E-state index in [1.54, 1.807) is 12.1 Å². The van der Waals surface area contributed by atoms with E-state index in [0.717, 1.165) is 11.6 Å². The lowest BCUT2D eigenvalue weighted by Crippen LogP contribution is -2.17. The average molecular weight is 391 g/mol. The van der Waals surface area contributed by atoms with Crippen molar-refractivity contribution >= 4 is 21.8 Å². The third kappa shape index (κ3) is 5.15. The molecule has 2 rings (SSSR count). The quantitative estimate of drug-likeness (QED) is 0.573. The number of hydrogen-bond acceptors (Lipinski definition) is 6. The first-order chi connectivity index (χ1) is 12.6. The van der Waals surface area contributed by atoms with Crippen molar-refractivity contribution in [2.24, 2.45) is 5.14 Å². The number of hydrogen-bond donors (Lipinski definition) is 1. The van der Waals surface area contributed by atoms with Crippen LogP contribution in [0.15, 0.2) is 47.4 Å². The van der Waals surface area contributed by atoms with Crippen molar-refractivity contribution in [3.05, 3.63) is 59.2 Å². The summed E-state index contributed by atoms with van der Waals surface area (Å²) >= 11 is 0. The molecule has 0 saturated heterocycles. The molecule has 8 heteroatoms. The molecule has 0 fully saturated rings. The van der Waals surface area contributed by atoms with Crippen LogP contribution in [0, 0.1) is 0 Å². The van der Waals surface area contributed by atoms with Gasteiger partial charge in [-0.1, -0.05) is 38.1 Å². The smallest absolute Gasteiger partial charge is 0.342 e. The normalized spacial score (nSPS) is 11.3. The maximum Gasteiger partial charge on any atom is 0.342 e. The molecule has 2 N–H and O–H groups in total. The van der Waals surface area contributed by atoms with Crippen LogP contribution in [0.1, 0.15) is 46.0 Å². The number of primary sulfonamides is 1. The minimum Gasteiger partial charge on any atom is -0.496 e. The van der Waals surface area contributed by atoms with Crippen molar-refractivity contribution < 1.29 is 27.5 Å². The maximum absolute atomic E-state index is 12.3. The first-order valence-electron chi connectivity index (χ1n) is 8.14. The molecule has 0 bridgehead atoms. The zero-order chi connectivity index (χ0) is 20.2. The van der Waals surface area contributed by atoms with Crippen LogP contribution in [-0.4, -0.2) is 33.9 Å². The molecule has 0 heterocycles. The standard InChI is InChI=1S/C19H21NO6S/c1-12(2)13-4-6-14(7-5-13)17(21)11-26-19(22)16-10-15(27(20,23)24)8-9-18(16)25-3/h4-10,12H,11H2,1-3H3,(H2,20,23,24). The number of sulfonamides is 1. The van der Waals surface area contributed by atoms with Crippen molar-refractivity contribution in [2.75, 3.05) is 13.7 Å². The van der Waals surface area contributed by atoms with Gasteiger partial charge in [-0.05, 0) is 29.7 Å². The average Bonchev–Trinajstić information content (AvgIpc) is 2.64. The Kier molecular flexibility index (Phi) is 6.35. The van der Waals surface area contributed by atoms with E-state index in [1.165, 1.54) is 19.2 Å². The van der Waals surface area contributed by atoms with Gasteiger partial charge in [0.25, 0.3) is 0 Å². The van der Waals surface area contributed by atoms with Gasteiger partial charge >= 0.3 is 5.97 Å². The van der Waals surface area contributed by atoms with Gasteiger partial charge in [0, 0.05) is 5.56 Å². The number of methoxy groups -OCH3 is 1. The van der Waals surface area contributed by atoms with Crippen LogP contribution in [-0.2, 0) is 14.8 Å². The minimum absolute atomic E-state index is 0.112. The fraction of sp³-hybridized carbons (Fsp3) is 0.263. The lowest BCUT2D eigenvalue weighted by atomic mass is 10.0. The molecule has 0 unspecified atom stereocenters. The van der Waals surface area contributed by atoms with Crippen LogP contribution in [0.25, 0.3) is 0 Å². The Morgan fingerprint density at radius 3 is 2.22 bits per heavy atom. The van der Waals surface area contributed by atoms with Crippen LogP contribution < -0.4 is 9.88 Å². The SMILES string of the molecule is COc1ccc(S(N)(=O)=O)cc1C(=O)OCC(=O)c1ccc(C(C)C)cc1. The van der Waals surface area contributed by atoms with Gasteiger partial charge in [-0.15, -0.1) is 0 Å². The van der Waals surface area contributed by atoms with Gasteiger partial charge in [0.15, 0.2) is 12.4 Å². The summed E-state index contributed by atoms with van der Waals surface area (Å²) in [5, 5.41) is 5.07. The Labute approximate surface area is 158 Å². The predicted molar refractivity (Wildman–Crippen MR) is 99.5 cm³/mol. The summed E-state index contributed by atoms with van der Waals surface area (Å²) in [6.45, 7) is 3.60. The van der Waals surface area contributed by atoms with Gasteiger partial charge in [0.1, 0.15) is 11.3 Å². The van der Waals surface area contributed by atoms with Crippen molar-refractivity contribution in [1.29, 1.82) is 0 Å². The van der Waals surface area contributed by atoms with Gasteiger partial charge in [0.05, 0.1) is 12.0 Å². The summed E-state index contributed by atoms with van der Waals surface area (Å²) in [5.41, 5.74) is 1.37. The summed E-state index contributed by atoms with van der Waals surface area (Å²) in [5.74, 6) is -0.809. The van der Waals surface area contributed by atoms with E-state index in [2.05, 4.69) is 0 Å². The van der Waals surface area contributed by atoms with Gasteiger partial charge in [0.2, 0.25) is 10.0 Å². The zero-order valence-electron chi connectivity index (χ0n) is 15.3. The summed E-state index contributed by atoms with van der Waals surface area (Å²) < 4.78 is 33.0. The van der Waals surface area contributed by atoms with Crippen LogP contribution >= 0.6 is 0 Å². The number of carbonyl (C=O) groups is 2. The Balaban J connectivity index is 2.14. The van der Waals surface area contributed by atoms with Gasteiger partial charge in [-0.2, -0.15) is 0 Å². The second kappa shape index (κ2) is 8.32. The maximum atomic E-state index is 12.3. The zero-order valence-corrected chi connectivity index (χ0v) is 16.1. The number of Topliss-reactive ketones (excluding diaryl/α,β-unsaturated/α-hetero) is 1. The van der Waals surface area contributed by atoms with E-state index in [4.69, 9.17) is 14.6 Å². The molecule has 144 valence electrons. The van der Waals surface area contributed by atoms with Gasteiger partial charge in [-0.25, -0.2) is 18.4 Å². The third-order valence-corrected chi connectivity index (χ3v) is 4.86. The molecule has 0 amide bonds. The first-order valence-corrected chi connectivity index (χ1v) is 9.69. The molecule has 2 aromatic rings. The Morgan fingerprint density at radius 1 is 1.07 bits per heavy atom. The van der Waals surface area contributed by atoms with E-state index in [1.807, 2.05) is 26.0 Å². The van der Waals surface area contributed by atoms with E-state index in [9.17, 15) is 18.0 Å². The molecule has 0 atom stereocenters. The Hall–Kier alpha value is -2.71. The van der Waals surface area contributed by atoms with Crippen molar-refractivity contribution in [3.8, 4) is 5.75 Å². The molecule has 0 saturated carbocycles. The van der Waals surface area contributed by atoms with Crippen LogP contribution in [0.4, 0.5) is 0 Å². The second-order valence-electron chi connectivity index (χ2n) is 6.18. The van der Waals surface area contributed by atoms with Crippen LogP contribution in [0.5, 0.6) is 5.75 Å². The summed E-state index contributed by atoms with van der Waals surface area (Å²) in [6.07, 6.45) is 0. The summed E-state index contributed by atoms with van der Waals surface area (Å²) in [7, 11) is -2.68. The highest BCUT2D eigenvalue weighted by molar-refractivity contribution is 7.89. The van der Waals surface area contributed by atoms with Crippen LogP contribution in [0.3, 0.4) is 0 Å². The highest BCUT2D eigenvalue weighted by Gasteiger charge is 2.19. The van der Waals surface area contributed by atoms with E-state index in [0.29, 0.717) is 11.5 Å². The summed E-state index contributed by atoms with van der Waals surface area (Å²) in [4.78, 5) is 24.3. The number of benzene rings is 2. The lowest BCUT2D eigenvalue weighted by molar-refractivity contribution is 0.0471. The molecule has 27 heavy (non-hydrogen) atoms. The molecule has 0 aliphatic carbocycles. The number of rotatable bonds is 7. The monoisotopic (exact) mass is 391 g/mol. The van der Waals surface area contributed by atoms with Crippen molar-refractivity contribution in [1.82, 2.24) is 0 Å². The number of carbonyl (C=O) groups excluding carboxylic acids is 2. The molecule has 0 aromatic heterocycles. The molecule has 0 spiro atoms. The molecule has 2 aromatic carbocycles. The minimum atomic E-state index is -4.00. The lowest BCUT2D eigenvalue weighted by Gasteiger charge is -2.10. The molecule has 7 nitrogen and oxygen atoms in total. The molecule has 0 radical (unpaired) electrons. The van der Waals surface area contributed by atoms with Gasteiger partial charge in [-0.3, -0.25) is 4.79 Å². The number of nitrogens with two attached hydrogens (primary N) is 1. The Morgan fingerprint density at radius 2 is 1.70 bits per heavy atom. The third-order valence-electron chi connectivity index (χ3n) is 3.95. The molecule has 0 aliphatic rings. The van der Waals surface area contributed by atoms with Crippen LogP contribution in [0.2, 0.25) is 0 Å². The predicted octanol–water partition coefficient (Wildman–Crippen LogP) is 2.51. The highest BCUT2D eigenvalue weighted by atomic mass is 32.2. The number of ketones is 1.